The first-order chi connectivity index (χ1) is 10.2. The second-order valence-electron chi connectivity index (χ2n) is 5.46. The molecule has 0 aromatic carbocycles. The van der Waals surface area contributed by atoms with Crippen LogP contribution >= 0.6 is 0 Å². The van der Waals surface area contributed by atoms with Gasteiger partial charge in [0.1, 0.15) is 11.4 Å². The molecular formula is C15H19N5O. The minimum absolute atomic E-state index is 0.118. The summed E-state index contributed by atoms with van der Waals surface area (Å²) in [5.74, 6) is 0.402. The largest absolute Gasteiger partial charge is 0.348 e. The molecule has 2 aromatic heterocycles. The Morgan fingerprint density at radius 1 is 1.33 bits per heavy atom. The average Bonchev–Trinajstić information content (AvgIpc) is 2.94. The van der Waals surface area contributed by atoms with Crippen LogP contribution in [0.4, 0.5) is 0 Å². The van der Waals surface area contributed by atoms with Crippen LogP contribution in [-0.2, 0) is 7.05 Å². The maximum atomic E-state index is 12.3. The number of aryl methyl sites for hydroxylation is 1. The van der Waals surface area contributed by atoms with E-state index in [1.165, 1.54) is 19.3 Å². The lowest BCUT2D eigenvalue weighted by molar-refractivity contribution is 0.0922. The first kappa shape index (κ1) is 13.7. The molecule has 0 saturated heterocycles. The highest BCUT2D eigenvalue weighted by Crippen LogP contribution is 2.18. The molecule has 2 heterocycles. The molecule has 1 N–H and O–H groups in total. The standard InChI is InChI=1S/C15H19N5O/c1-20-10-16-9-13(20)14-17-8-7-12(19-14)15(21)18-11-5-3-2-4-6-11/h7-11H,2-6H2,1H3,(H,18,21). The zero-order valence-corrected chi connectivity index (χ0v) is 12.1. The van der Waals surface area contributed by atoms with E-state index in [-0.39, 0.29) is 11.9 Å². The molecular weight excluding hydrogens is 266 g/mol. The zero-order valence-electron chi connectivity index (χ0n) is 12.1. The summed E-state index contributed by atoms with van der Waals surface area (Å²) in [6.45, 7) is 0. The molecule has 1 saturated carbocycles. The summed E-state index contributed by atoms with van der Waals surface area (Å²) < 4.78 is 1.83. The van der Waals surface area contributed by atoms with E-state index in [0.717, 1.165) is 18.5 Å². The van der Waals surface area contributed by atoms with Crippen LogP contribution < -0.4 is 5.32 Å². The van der Waals surface area contributed by atoms with Gasteiger partial charge in [0.05, 0.1) is 12.5 Å². The van der Waals surface area contributed by atoms with Crippen molar-refractivity contribution in [2.75, 3.05) is 0 Å². The first-order valence-electron chi connectivity index (χ1n) is 7.34. The Balaban J connectivity index is 1.76. The van der Waals surface area contributed by atoms with Gasteiger partial charge in [0, 0.05) is 19.3 Å². The third-order valence-electron chi connectivity index (χ3n) is 3.87. The molecule has 2 aromatic rings. The van der Waals surface area contributed by atoms with Crippen LogP contribution in [0.2, 0.25) is 0 Å². The van der Waals surface area contributed by atoms with E-state index in [9.17, 15) is 4.79 Å². The van der Waals surface area contributed by atoms with Crippen molar-refractivity contribution in [3.05, 3.63) is 30.5 Å². The van der Waals surface area contributed by atoms with E-state index in [0.29, 0.717) is 11.5 Å². The van der Waals surface area contributed by atoms with Crippen LogP contribution in [0.1, 0.15) is 42.6 Å². The van der Waals surface area contributed by atoms with Crippen LogP contribution in [0.5, 0.6) is 0 Å². The van der Waals surface area contributed by atoms with Gasteiger partial charge < -0.3 is 9.88 Å². The van der Waals surface area contributed by atoms with Gasteiger partial charge >= 0.3 is 0 Å². The van der Waals surface area contributed by atoms with Gasteiger partial charge in [-0.25, -0.2) is 15.0 Å². The Morgan fingerprint density at radius 2 is 2.14 bits per heavy atom. The van der Waals surface area contributed by atoms with Crippen LogP contribution in [-0.4, -0.2) is 31.5 Å². The fourth-order valence-electron chi connectivity index (χ4n) is 2.69. The normalized spacial score (nSPS) is 15.9. The first-order valence-corrected chi connectivity index (χ1v) is 7.34. The average molecular weight is 285 g/mol. The molecule has 6 heteroatoms. The Kier molecular flexibility index (Phi) is 3.94. The van der Waals surface area contributed by atoms with E-state index in [1.807, 2.05) is 11.6 Å². The van der Waals surface area contributed by atoms with Crippen molar-refractivity contribution in [1.82, 2.24) is 24.8 Å². The van der Waals surface area contributed by atoms with Crippen molar-refractivity contribution in [1.29, 1.82) is 0 Å². The monoisotopic (exact) mass is 285 g/mol. The van der Waals surface area contributed by atoms with Gasteiger partial charge in [0.25, 0.3) is 5.91 Å². The third-order valence-corrected chi connectivity index (χ3v) is 3.87. The molecule has 0 radical (unpaired) electrons. The van der Waals surface area contributed by atoms with E-state index in [1.54, 1.807) is 24.8 Å². The number of rotatable bonds is 3. The summed E-state index contributed by atoms with van der Waals surface area (Å²) in [6, 6.07) is 1.93. The van der Waals surface area contributed by atoms with E-state index < -0.39 is 0 Å². The van der Waals surface area contributed by atoms with Crippen molar-refractivity contribution in [2.45, 2.75) is 38.1 Å². The second kappa shape index (κ2) is 6.03. The summed E-state index contributed by atoms with van der Waals surface area (Å²) >= 11 is 0. The lowest BCUT2D eigenvalue weighted by Gasteiger charge is -2.22. The Morgan fingerprint density at radius 3 is 2.86 bits per heavy atom. The van der Waals surface area contributed by atoms with Gasteiger partial charge in [-0.15, -0.1) is 0 Å². The smallest absolute Gasteiger partial charge is 0.270 e. The van der Waals surface area contributed by atoms with Crippen molar-refractivity contribution < 1.29 is 4.79 Å². The minimum Gasteiger partial charge on any atom is -0.348 e. The number of hydrogen-bond acceptors (Lipinski definition) is 4. The van der Waals surface area contributed by atoms with Crippen LogP contribution in [0.3, 0.4) is 0 Å². The molecule has 0 aliphatic heterocycles. The summed E-state index contributed by atoms with van der Waals surface area (Å²) in [5.41, 5.74) is 1.20. The predicted molar refractivity (Wildman–Crippen MR) is 78.6 cm³/mol. The molecule has 1 amide bonds. The van der Waals surface area contributed by atoms with E-state index >= 15 is 0 Å². The maximum absolute atomic E-state index is 12.3. The van der Waals surface area contributed by atoms with Crippen molar-refractivity contribution in [3.8, 4) is 11.5 Å². The quantitative estimate of drug-likeness (QED) is 0.935. The number of aromatic nitrogens is 4. The lowest BCUT2D eigenvalue weighted by Crippen LogP contribution is -2.36. The van der Waals surface area contributed by atoms with Crippen molar-refractivity contribution >= 4 is 5.91 Å². The lowest BCUT2D eigenvalue weighted by atomic mass is 9.95. The van der Waals surface area contributed by atoms with Crippen LogP contribution in [0.25, 0.3) is 11.5 Å². The van der Waals surface area contributed by atoms with E-state index in [2.05, 4.69) is 20.3 Å². The van der Waals surface area contributed by atoms with Crippen molar-refractivity contribution in [2.24, 2.45) is 7.05 Å². The number of amides is 1. The molecule has 1 aliphatic rings. The van der Waals surface area contributed by atoms with Crippen molar-refractivity contribution in [3.63, 3.8) is 0 Å². The molecule has 1 fully saturated rings. The topological polar surface area (TPSA) is 72.7 Å². The summed E-state index contributed by atoms with van der Waals surface area (Å²) in [7, 11) is 1.88. The fourth-order valence-corrected chi connectivity index (χ4v) is 2.69. The number of carbonyl (C=O) groups excluding carboxylic acids is 1. The minimum atomic E-state index is -0.118. The molecule has 110 valence electrons. The number of nitrogens with zero attached hydrogens (tertiary/aromatic N) is 4. The SMILES string of the molecule is Cn1cncc1-c1nccc(C(=O)NC2CCCCC2)n1. The fraction of sp³-hybridized carbons (Fsp3) is 0.467. The molecule has 21 heavy (non-hydrogen) atoms. The van der Waals surface area contributed by atoms with Crippen LogP contribution in [0, 0.1) is 0 Å². The Bertz CT molecular complexity index is 630. The number of imidazole rings is 1. The molecule has 0 atom stereocenters. The highest BCUT2D eigenvalue weighted by molar-refractivity contribution is 5.92. The van der Waals surface area contributed by atoms with Gasteiger partial charge in [-0.3, -0.25) is 4.79 Å². The van der Waals surface area contributed by atoms with Gasteiger partial charge in [-0.2, -0.15) is 0 Å². The number of hydrogen-bond donors (Lipinski definition) is 1. The van der Waals surface area contributed by atoms with Gasteiger partial charge in [0.2, 0.25) is 0 Å². The number of nitrogens with one attached hydrogen (secondary N) is 1. The second-order valence-corrected chi connectivity index (χ2v) is 5.46. The molecule has 6 nitrogen and oxygen atoms in total. The summed E-state index contributed by atoms with van der Waals surface area (Å²) in [6.07, 6.45) is 10.8. The highest BCUT2D eigenvalue weighted by Gasteiger charge is 2.18. The van der Waals surface area contributed by atoms with Gasteiger partial charge in [0.15, 0.2) is 5.82 Å². The molecule has 1 aliphatic carbocycles. The van der Waals surface area contributed by atoms with Gasteiger partial charge in [-0.1, -0.05) is 19.3 Å². The predicted octanol–water partition coefficient (Wildman–Crippen LogP) is 1.94. The summed E-state index contributed by atoms with van der Waals surface area (Å²) in [4.78, 5) is 24.9. The zero-order chi connectivity index (χ0) is 14.7. The Hall–Kier alpha value is -2.24. The Labute approximate surface area is 123 Å². The summed E-state index contributed by atoms with van der Waals surface area (Å²) in [5, 5.41) is 3.07. The molecule has 0 unspecified atom stereocenters. The van der Waals surface area contributed by atoms with Gasteiger partial charge in [-0.05, 0) is 18.9 Å². The molecule has 3 rings (SSSR count). The van der Waals surface area contributed by atoms with Crippen LogP contribution in [0.15, 0.2) is 24.8 Å². The highest BCUT2D eigenvalue weighted by atomic mass is 16.1. The third kappa shape index (κ3) is 3.09. The molecule has 0 spiro atoms. The van der Waals surface area contributed by atoms with E-state index in [4.69, 9.17) is 0 Å². The number of carbonyl (C=O) groups is 1. The molecule has 0 bridgehead atoms. The maximum Gasteiger partial charge on any atom is 0.270 e.